The largest absolute Gasteiger partial charge is 0.341 e. The monoisotopic (exact) mass is 794 g/mol. The summed E-state index contributed by atoms with van der Waals surface area (Å²) in [5, 5.41) is 5.02. The lowest BCUT2D eigenvalue weighted by Gasteiger charge is -2.41. The number of rotatable bonds is 3. The van der Waals surface area contributed by atoms with E-state index in [-0.39, 0.29) is 5.41 Å². The van der Waals surface area contributed by atoms with Crippen molar-refractivity contribution in [2.24, 2.45) is 0 Å². The predicted molar refractivity (Wildman–Crippen MR) is 259 cm³/mol. The number of pyridine rings is 1. The summed E-state index contributed by atoms with van der Waals surface area (Å²) in [7, 11) is 0. The Morgan fingerprint density at radius 3 is 1.44 bits per heavy atom. The van der Waals surface area contributed by atoms with Crippen LogP contribution in [0, 0.1) is 0 Å². The summed E-state index contributed by atoms with van der Waals surface area (Å²) < 4.78 is 4.87. The van der Waals surface area contributed by atoms with Crippen molar-refractivity contribution in [3.8, 4) is 56.0 Å². The van der Waals surface area contributed by atoms with Crippen molar-refractivity contribution in [3.63, 3.8) is 0 Å². The summed E-state index contributed by atoms with van der Waals surface area (Å²) in [5.74, 6) is 0. The molecule has 4 nitrogen and oxygen atoms in total. The Morgan fingerprint density at radius 1 is 0.403 bits per heavy atom. The van der Waals surface area contributed by atoms with E-state index in [0.29, 0.717) is 0 Å². The Bertz CT molecular complexity index is 3520. The lowest BCUT2D eigenvalue weighted by Crippen LogP contribution is -2.34. The number of fused-ring (bicyclic) bond motifs is 15. The van der Waals surface area contributed by atoms with Gasteiger partial charge in [-0.05, 0) is 124 Å². The molecule has 0 saturated heterocycles. The zero-order valence-corrected chi connectivity index (χ0v) is 34.7. The van der Waals surface area contributed by atoms with Gasteiger partial charge in [-0.3, -0.25) is 4.98 Å². The lowest BCUT2D eigenvalue weighted by molar-refractivity contribution is 0.467. The minimum absolute atomic E-state index is 0.0395. The van der Waals surface area contributed by atoms with Gasteiger partial charge >= 0.3 is 0 Å². The molecule has 3 aromatic heterocycles. The van der Waals surface area contributed by atoms with Gasteiger partial charge < -0.3 is 14.0 Å². The van der Waals surface area contributed by atoms with E-state index in [1.54, 1.807) is 0 Å². The van der Waals surface area contributed by atoms with Gasteiger partial charge in [-0.1, -0.05) is 123 Å². The van der Waals surface area contributed by atoms with E-state index in [0.717, 1.165) is 41.2 Å². The van der Waals surface area contributed by atoms with Gasteiger partial charge in [0.25, 0.3) is 0 Å². The maximum Gasteiger partial charge on any atom is 0.0786 e. The Kier molecular flexibility index (Phi) is 7.45. The van der Waals surface area contributed by atoms with Gasteiger partial charge in [0.1, 0.15) is 0 Å². The molecule has 0 spiro atoms. The molecule has 8 aromatic carbocycles. The molecule has 2 aliphatic rings. The molecule has 0 unspecified atom stereocenters. The van der Waals surface area contributed by atoms with Crippen LogP contribution in [-0.4, -0.2) is 20.7 Å². The maximum absolute atomic E-state index is 5.33. The van der Waals surface area contributed by atoms with Crippen molar-refractivity contribution in [2.75, 3.05) is 11.4 Å². The molecule has 0 N–H and O–H groups in total. The molecule has 0 radical (unpaired) electrons. The summed E-state index contributed by atoms with van der Waals surface area (Å²) in [5.41, 5.74) is 20.1. The number of hydrogen-bond donors (Lipinski definition) is 0. The van der Waals surface area contributed by atoms with Crippen molar-refractivity contribution in [1.29, 1.82) is 0 Å². The number of benzene rings is 8. The fraction of sp³-hybridized carbons (Fsp3) is 0.0862. The van der Waals surface area contributed by atoms with Crippen LogP contribution in [-0.2, 0) is 5.41 Å². The van der Waals surface area contributed by atoms with E-state index in [1.165, 1.54) is 88.4 Å². The molecule has 4 heteroatoms. The zero-order chi connectivity index (χ0) is 41.1. The summed E-state index contributed by atoms with van der Waals surface area (Å²) >= 11 is 0. The van der Waals surface area contributed by atoms with Crippen LogP contribution in [0.2, 0.25) is 0 Å². The van der Waals surface area contributed by atoms with E-state index in [2.05, 4.69) is 216 Å². The summed E-state index contributed by atoms with van der Waals surface area (Å²) in [6.45, 7) is 5.76. The first-order valence-electron chi connectivity index (χ1n) is 21.7. The quantitative estimate of drug-likeness (QED) is 0.178. The van der Waals surface area contributed by atoms with Crippen molar-refractivity contribution in [2.45, 2.75) is 25.7 Å². The molecule has 62 heavy (non-hydrogen) atoms. The number of anilines is 2. The maximum atomic E-state index is 5.33. The molecule has 0 atom stereocenters. The Hall–Kier alpha value is -7.69. The van der Waals surface area contributed by atoms with E-state index in [4.69, 9.17) is 4.98 Å². The molecule has 11 aromatic rings. The van der Waals surface area contributed by atoms with Gasteiger partial charge in [-0.15, -0.1) is 0 Å². The Labute approximate surface area is 360 Å². The fourth-order valence-electron chi connectivity index (χ4n) is 10.8. The highest BCUT2D eigenvalue weighted by molar-refractivity contribution is 6.11. The van der Waals surface area contributed by atoms with Crippen LogP contribution >= 0.6 is 0 Å². The van der Waals surface area contributed by atoms with Crippen molar-refractivity contribution < 1.29 is 0 Å². The second kappa shape index (κ2) is 13.2. The fourth-order valence-corrected chi connectivity index (χ4v) is 10.8. The van der Waals surface area contributed by atoms with Crippen LogP contribution in [0.4, 0.5) is 11.4 Å². The predicted octanol–water partition coefficient (Wildman–Crippen LogP) is 15.1. The second-order valence-corrected chi connectivity index (χ2v) is 17.6. The van der Waals surface area contributed by atoms with Gasteiger partial charge in [0.05, 0.1) is 27.8 Å². The zero-order valence-electron chi connectivity index (χ0n) is 34.7. The smallest absolute Gasteiger partial charge is 0.0786 e. The molecule has 0 fully saturated rings. The van der Waals surface area contributed by atoms with Gasteiger partial charge in [-0.2, -0.15) is 0 Å². The van der Waals surface area contributed by atoms with Crippen LogP contribution in [0.1, 0.15) is 25.8 Å². The van der Waals surface area contributed by atoms with Gasteiger partial charge in [0.15, 0.2) is 0 Å². The molecule has 1 aliphatic carbocycles. The van der Waals surface area contributed by atoms with Crippen LogP contribution < -0.4 is 4.90 Å². The minimum Gasteiger partial charge on any atom is -0.341 e. The van der Waals surface area contributed by atoms with E-state index in [1.807, 2.05) is 6.20 Å². The molecule has 0 amide bonds. The highest BCUT2D eigenvalue weighted by Gasteiger charge is 2.35. The number of aromatic nitrogens is 3. The van der Waals surface area contributed by atoms with Crippen molar-refractivity contribution in [3.05, 3.63) is 200 Å². The minimum atomic E-state index is -0.0395. The first kappa shape index (κ1) is 35.1. The number of nitrogens with zero attached hydrogens (tertiary/aromatic N) is 4. The Balaban J connectivity index is 1.14. The SMILES string of the molecule is CC1(C)CCN(c2ccccc2)c2cc3c(cc21)-c1ncccc1-c1cc(-n2c4ccccc4c4ccccc42)ccc1-c1ccc(-n2c4ccccc4c4ccccc42)cc1-3. The molecule has 4 heterocycles. The topological polar surface area (TPSA) is 26.0 Å². The Morgan fingerprint density at radius 2 is 0.887 bits per heavy atom. The highest BCUT2D eigenvalue weighted by atomic mass is 15.1. The van der Waals surface area contributed by atoms with Gasteiger partial charge in [0, 0.05) is 68.2 Å². The standard InChI is InChI=1S/C58H42N4/c1-58(2)30-32-60(37-15-4-3-5-16-37)56-36-49-48-34-39(62-54-24-12-8-19-44(54)45-20-9-13-25-55(45)62)27-29-41(48)40-28-26-38(33-47(40)46-21-14-31-59-57(46)50(49)35-51(56)58)61-52-22-10-6-17-42(52)43-18-7-11-23-53(43)61/h3-29,31,33-36H,30,32H2,1-2H3. The molecule has 0 bridgehead atoms. The molecule has 13 rings (SSSR count). The van der Waals surface area contributed by atoms with Gasteiger partial charge in [0.2, 0.25) is 0 Å². The van der Waals surface area contributed by atoms with E-state index >= 15 is 0 Å². The second-order valence-electron chi connectivity index (χ2n) is 17.6. The third kappa shape index (κ3) is 5.04. The summed E-state index contributed by atoms with van der Waals surface area (Å²) in [6.07, 6.45) is 3.01. The average molecular weight is 795 g/mol. The van der Waals surface area contributed by atoms with Crippen LogP contribution in [0.15, 0.2) is 194 Å². The normalized spacial score (nSPS) is 13.9. The van der Waals surface area contributed by atoms with E-state index in [9.17, 15) is 0 Å². The first-order valence-corrected chi connectivity index (χ1v) is 21.7. The number of hydrogen-bond acceptors (Lipinski definition) is 2. The number of para-hydroxylation sites is 5. The molecule has 1 aliphatic heterocycles. The van der Waals surface area contributed by atoms with Crippen molar-refractivity contribution in [1.82, 2.24) is 14.1 Å². The van der Waals surface area contributed by atoms with E-state index < -0.39 is 0 Å². The third-order valence-corrected chi connectivity index (χ3v) is 13.8. The highest BCUT2D eigenvalue weighted by Crippen LogP contribution is 2.53. The first-order chi connectivity index (χ1) is 30.5. The van der Waals surface area contributed by atoms with Crippen LogP contribution in [0.25, 0.3) is 99.6 Å². The van der Waals surface area contributed by atoms with Crippen molar-refractivity contribution >= 4 is 55.0 Å². The lowest BCUT2D eigenvalue weighted by atomic mass is 9.74. The average Bonchev–Trinajstić information content (AvgIpc) is 3.84. The summed E-state index contributed by atoms with van der Waals surface area (Å²) in [4.78, 5) is 7.86. The molecule has 0 saturated carbocycles. The van der Waals surface area contributed by atoms with Crippen LogP contribution in [0.3, 0.4) is 0 Å². The van der Waals surface area contributed by atoms with Gasteiger partial charge in [-0.25, -0.2) is 0 Å². The summed E-state index contributed by atoms with van der Waals surface area (Å²) in [6, 6.07) is 69.6. The molecule has 294 valence electrons. The third-order valence-electron chi connectivity index (χ3n) is 13.8. The molecular weight excluding hydrogens is 753 g/mol. The van der Waals surface area contributed by atoms with Crippen LogP contribution in [0.5, 0.6) is 0 Å². The molecular formula is C58H42N4.